The molecule has 1 aliphatic heterocycles. The second-order valence-corrected chi connectivity index (χ2v) is 5.25. The number of hydrogen-bond acceptors (Lipinski definition) is 4. The molecule has 0 atom stereocenters. The molecule has 1 aromatic carbocycles. The number of likely N-dealkylation sites (tertiary alicyclic amines) is 1. The fraction of sp³-hybridized carbons (Fsp3) is 0.533. The van der Waals surface area contributed by atoms with Crippen molar-refractivity contribution in [2.45, 2.75) is 39.2 Å². The van der Waals surface area contributed by atoms with Crippen LogP contribution in [-0.2, 0) is 11.3 Å². The summed E-state index contributed by atoms with van der Waals surface area (Å²) in [5.74, 6) is 0.140. The Bertz CT molecular complexity index is 531. The lowest BCUT2D eigenvalue weighted by Crippen LogP contribution is -2.30. The minimum Gasteiger partial charge on any atom is -0.385 e. The molecule has 1 aliphatic rings. The van der Waals surface area contributed by atoms with E-state index in [4.69, 9.17) is 0 Å². The van der Waals surface area contributed by atoms with E-state index >= 15 is 0 Å². The molecule has 1 aromatic rings. The van der Waals surface area contributed by atoms with Crippen molar-refractivity contribution in [1.82, 2.24) is 4.90 Å². The first-order valence-corrected chi connectivity index (χ1v) is 7.40. The third kappa shape index (κ3) is 3.93. The third-order valence-corrected chi connectivity index (χ3v) is 3.70. The fourth-order valence-corrected chi connectivity index (χ4v) is 2.60. The normalized spacial score (nSPS) is 15.7. The Balaban J connectivity index is 2.24. The Morgan fingerprint density at radius 3 is 2.86 bits per heavy atom. The second-order valence-electron chi connectivity index (χ2n) is 5.25. The summed E-state index contributed by atoms with van der Waals surface area (Å²) in [4.78, 5) is 24.4. The summed E-state index contributed by atoms with van der Waals surface area (Å²) in [7, 11) is 0. The molecule has 0 radical (unpaired) electrons. The lowest BCUT2D eigenvalue weighted by molar-refractivity contribution is -0.384. The zero-order valence-corrected chi connectivity index (χ0v) is 12.3. The van der Waals surface area contributed by atoms with Gasteiger partial charge in [-0.25, -0.2) is 0 Å². The molecule has 0 saturated carbocycles. The molecule has 2 rings (SSSR count). The molecule has 21 heavy (non-hydrogen) atoms. The number of anilines is 1. The monoisotopic (exact) mass is 291 g/mol. The summed E-state index contributed by atoms with van der Waals surface area (Å²) in [6.07, 6.45) is 3.57. The van der Waals surface area contributed by atoms with Gasteiger partial charge in [-0.2, -0.15) is 0 Å². The van der Waals surface area contributed by atoms with Gasteiger partial charge in [-0.1, -0.05) is 6.42 Å². The van der Waals surface area contributed by atoms with Crippen LogP contribution < -0.4 is 5.32 Å². The number of hydrogen-bond donors (Lipinski definition) is 1. The molecule has 0 spiro atoms. The van der Waals surface area contributed by atoms with Crippen LogP contribution in [0.1, 0.15) is 38.2 Å². The average Bonchev–Trinajstić information content (AvgIpc) is 2.66. The van der Waals surface area contributed by atoms with Crippen molar-refractivity contribution in [2.75, 3.05) is 18.4 Å². The van der Waals surface area contributed by atoms with Crippen molar-refractivity contribution >= 4 is 17.3 Å². The van der Waals surface area contributed by atoms with E-state index in [9.17, 15) is 14.9 Å². The number of non-ortho nitro benzene ring substituents is 1. The molecule has 1 N–H and O–H groups in total. The van der Waals surface area contributed by atoms with Crippen molar-refractivity contribution in [1.29, 1.82) is 0 Å². The highest BCUT2D eigenvalue weighted by Crippen LogP contribution is 2.25. The molecular formula is C15H21N3O3. The highest BCUT2D eigenvalue weighted by Gasteiger charge is 2.19. The van der Waals surface area contributed by atoms with Gasteiger partial charge in [-0.05, 0) is 25.8 Å². The van der Waals surface area contributed by atoms with E-state index in [0.29, 0.717) is 13.0 Å². The molecule has 0 bridgehead atoms. The summed E-state index contributed by atoms with van der Waals surface area (Å²) < 4.78 is 0. The van der Waals surface area contributed by atoms with Crippen LogP contribution in [0.25, 0.3) is 0 Å². The molecular weight excluding hydrogens is 270 g/mol. The fourth-order valence-electron chi connectivity index (χ4n) is 2.60. The molecule has 1 saturated heterocycles. The predicted octanol–water partition coefficient (Wildman–Crippen LogP) is 2.93. The summed E-state index contributed by atoms with van der Waals surface area (Å²) >= 11 is 0. The van der Waals surface area contributed by atoms with E-state index in [1.807, 2.05) is 11.8 Å². The maximum atomic E-state index is 12.1. The van der Waals surface area contributed by atoms with Gasteiger partial charge in [0.25, 0.3) is 5.69 Å². The Kier molecular flexibility index (Phi) is 5.14. The van der Waals surface area contributed by atoms with Crippen LogP contribution in [0.3, 0.4) is 0 Å². The average molecular weight is 291 g/mol. The number of carbonyl (C=O) groups excluding carboxylic acids is 1. The first-order valence-electron chi connectivity index (χ1n) is 7.40. The lowest BCUT2D eigenvalue weighted by Gasteiger charge is -2.22. The van der Waals surface area contributed by atoms with Gasteiger partial charge in [-0.15, -0.1) is 0 Å². The standard InChI is InChI=1S/C15H21N3O3/c1-2-16-14-8-7-13(18(20)21)10-12(14)11-17-9-5-3-4-6-15(17)19/h7-8,10,16H,2-6,9,11H2,1H3. The smallest absolute Gasteiger partial charge is 0.269 e. The summed E-state index contributed by atoms with van der Waals surface area (Å²) in [6, 6.07) is 4.78. The van der Waals surface area contributed by atoms with E-state index in [1.165, 1.54) is 6.07 Å². The van der Waals surface area contributed by atoms with Crippen LogP contribution in [0.5, 0.6) is 0 Å². The molecule has 1 fully saturated rings. The van der Waals surface area contributed by atoms with Crippen molar-refractivity contribution in [3.63, 3.8) is 0 Å². The topological polar surface area (TPSA) is 75.5 Å². The van der Waals surface area contributed by atoms with Gasteiger partial charge < -0.3 is 10.2 Å². The van der Waals surface area contributed by atoms with Gasteiger partial charge in [0.2, 0.25) is 5.91 Å². The Hall–Kier alpha value is -2.11. The lowest BCUT2D eigenvalue weighted by atomic mass is 10.1. The predicted molar refractivity (Wildman–Crippen MR) is 81.1 cm³/mol. The zero-order chi connectivity index (χ0) is 15.2. The Labute approximate surface area is 124 Å². The van der Waals surface area contributed by atoms with Crippen LogP contribution in [-0.4, -0.2) is 28.8 Å². The van der Waals surface area contributed by atoms with E-state index in [-0.39, 0.29) is 11.6 Å². The summed E-state index contributed by atoms with van der Waals surface area (Å²) in [5.41, 5.74) is 1.73. The second kappa shape index (κ2) is 7.06. The highest BCUT2D eigenvalue weighted by molar-refractivity contribution is 5.76. The largest absolute Gasteiger partial charge is 0.385 e. The number of nitrogens with one attached hydrogen (secondary N) is 1. The molecule has 0 aliphatic carbocycles. The number of nitrogens with zero attached hydrogens (tertiary/aromatic N) is 2. The number of rotatable bonds is 5. The van der Waals surface area contributed by atoms with Crippen LogP contribution in [0.15, 0.2) is 18.2 Å². The van der Waals surface area contributed by atoms with E-state index in [2.05, 4.69) is 5.32 Å². The maximum absolute atomic E-state index is 12.1. The zero-order valence-electron chi connectivity index (χ0n) is 12.3. The minimum absolute atomic E-state index is 0.0638. The first-order chi connectivity index (χ1) is 10.1. The number of benzene rings is 1. The number of nitro groups is 1. The van der Waals surface area contributed by atoms with Gasteiger partial charge in [0.15, 0.2) is 0 Å². The molecule has 0 unspecified atom stereocenters. The van der Waals surface area contributed by atoms with Crippen molar-refractivity contribution in [2.24, 2.45) is 0 Å². The summed E-state index contributed by atoms with van der Waals surface area (Å²) in [6.45, 7) is 3.87. The first kappa shape index (κ1) is 15.3. The van der Waals surface area contributed by atoms with Crippen molar-refractivity contribution in [3.8, 4) is 0 Å². The van der Waals surface area contributed by atoms with Crippen molar-refractivity contribution < 1.29 is 9.72 Å². The quantitative estimate of drug-likeness (QED) is 0.668. The van der Waals surface area contributed by atoms with E-state index in [1.54, 1.807) is 12.1 Å². The third-order valence-electron chi connectivity index (χ3n) is 3.70. The van der Waals surface area contributed by atoms with Gasteiger partial charge in [0.05, 0.1) is 4.92 Å². The van der Waals surface area contributed by atoms with Gasteiger partial charge in [0.1, 0.15) is 0 Å². The van der Waals surface area contributed by atoms with Crippen LogP contribution in [0.4, 0.5) is 11.4 Å². The summed E-state index contributed by atoms with van der Waals surface area (Å²) in [5, 5.41) is 14.1. The van der Waals surface area contributed by atoms with Crippen LogP contribution >= 0.6 is 0 Å². The van der Waals surface area contributed by atoms with Gasteiger partial charge in [-0.3, -0.25) is 14.9 Å². The highest BCUT2D eigenvalue weighted by atomic mass is 16.6. The number of carbonyl (C=O) groups is 1. The molecule has 1 heterocycles. The molecule has 6 nitrogen and oxygen atoms in total. The SMILES string of the molecule is CCNc1ccc([N+](=O)[O-])cc1CN1CCCCCC1=O. The van der Waals surface area contributed by atoms with Crippen molar-refractivity contribution in [3.05, 3.63) is 33.9 Å². The molecule has 1 amide bonds. The number of amides is 1. The minimum atomic E-state index is -0.399. The Morgan fingerprint density at radius 2 is 2.14 bits per heavy atom. The Morgan fingerprint density at radius 1 is 1.33 bits per heavy atom. The van der Waals surface area contributed by atoms with Gasteiger partial charge in [0, 0.05) is 49.4 Å². The number of nitro benzene ring substituents is 1. The maximum Gasteiger partial charge on any atom is 0.269 e. The molecule has 0 aromatic heterocycles. The molecule has 114 valence electrons. The van der Waals surface area contributed by atoms with Crippen LogP contribution in [0, 0.1) is 10.1 Å². The van der Waals surface area contributed by atoms with Gasteiger partial charge >= 0.3 is 0 Å². The van der Waals surface area contributed by atoms with E-state index in [0.717, 1.165) is 43.6 Å². The van der Waals surface area contributed by atoms with E-state index < -0.39 is 4.92 Å². The van der Waals surface area contributed by atoms with Crippen LogP contribution in [0.2, 0.25) is 0 Å². The molecule has 6 heteroatoms.